The van der Waals surface area contributed by atoms with E-state index in [0.717, 1.165) is 32.4 Å². The lowest BCUT2D eigenvalue weighted by Crippen LogP contribution is -2.38. The van der Waals surface area contributed by atoms with Crippen molar-refractivity contribution < 1.29 is 9.59 Å². The highest BCUT2D eigenvalue weighted by Gasteiger charge is 2.18. The molecule has 1 aliphatic heterocycles. The summed E-state index contributed by atoms with van der Waals surface area (Å²) in [5.74, 6) is 0.611. The molecule has 2 amide bonds. The fraction of sp³-hybridized carbons (Fsp3) is 0.846. The van der Waals surface area contributed by atoms with E-state index in [0.29, 0.717) is 18.9 Å². The van der Waals surface area contributed by atoms with Crippen molar-refractivity contribution in [3.8, 4) is 0 Å². The summed E-state index contributed by atoms with van der Waals surface area (Å²) in [6, 6.07) is 0. The normalized spacial score (nSPS) is 18.7. The zero-order valence-electron chi connectivity index (χ0n) is 11.5. The zero-order chi connectivity index (χ0) is 13.4. The van der Waals surface area contributed by atoms with Crippen LogP contribution < -0.4 is 10.6 Å². The molecular weight excluding hydrogens is 230 g/mol. The highest BCUT2D eigenvalue weighted by Crippen LogP contribution is 2.14. The summed E-state index contributed by atoms with van der Waals surface area (Å²) < 4.78 is 0. The lowest BCUT2D eigenvalue weighted by atomic mass is 10.0. The van der Waals surface area contributed by atoms with Gasteiger partial charge in [-0.2, -0.15) is 0 Å². The number of hydrogen-bond donors (Lipinski definition) is 2. The standard InChI is InChI=1S/C13H25N3O2/c1-3-7-15-12(17)10-16(2)13(18)5-4-11-6-8-14-9-11/h11,14H,3-10H2,1-2H3,(H,15,17). The number of hydrogen-bond acceptors (Lipinski definition) is 3. The maximum absolute atomic E-state index is 11.8. The van der Waals surface area contributed by atoms with Gasteiger partial charge in [0.25, 0.3) is 0 Å². The van der Waals surface area contributed by atoms with E-state index in [2.05, 4.69) is 10.6 Å². The molecule has 5 heteroatoms. The van der Waals surface area contributed by atoms with Crippen molar-refractivity contribution in [1.29, 1.82) is 0 Å². The van der Waals surface area contributed by atoms with Crippen LogP contribution in [0.3, 0.4) is 0 Å². The van der Waals surface area contributed by atoms with Crippen molar-refractivity contribution in [2.45, 2.75) is 32.6 Å². The summed E-state index contributed by atoms with van der Waals surface area (Å²) >= 11 is 0. The zero-order valence-corrected chi connectivity index (χ0v) is 11.5. The average molecular weight is 255 g/mol. The van der Waals surface area contributed by atoms with Crippen LogP contribution in [0.25, 0.3) is 0 Å². The van der Waals surface area contributed by atoms with Crippen LogP contribution in [0.1, 0.15) is 32.6 Å². The Morgan fingerprint density at radius 1 is 1.44 bits per heavy atom. The van der Waals surface area contributed by atoms with E-state index < -0.39 is 0 Å². The minimum Gasteiger partial charge on any atom is -0.355 e. The van der Waals surface area contributed by atoms with E-state index >= 15 is 0 Å². The second kappa shape index (κ2) is 8.08. The third-order valence-electron chi connectivity index (χ3n) is 3.31. The molecule has 0 radical (unpaired) electrons. The van der Waals surface area contributed by atoms with Gasteiger partial charge in [0.15, 0.2) is 0 Å². The van der Waals surface area contributed by atoms with Crippen molar-refractivity contribution >= 4 is 11.8 Å². The Morgan fingerprint density at radius 3 is 2.83 bits per heavy atom. The van der Waals surface area contributed by atoms with Gasteiger partial charge in [0, 0.05) is 20.0 Å². The SMILES string of the molecule is CCCNC(=O)CN(C)C(=O)CCC1CCNC1. The minimum absolute atomic E-state index is 0.0635. The predicted molar refractivity (Wildman–Crippen MR) is 71.1 cm³/mol. The second-order valence-electron chi connectivity index (χ2n) is 5.00. The number of rotatable bonds is 7. The Morgan fingerprint density at radius 2 is 2.22 bits per heavy atom. The first-order valence-electron chi connectivity index (χ1n) is 6.84. The highest BCUT2D eigenvalue weighted by atomic mass is 16.2. The van der Waals surface area contributed by atoms with E-state index in [1.807, 2.05) is 6.92 Å². The molecule has 2 N–H and O–H groups in total. The Hall–Kier alpha value is -1.10. The summed E-state index contributed by atoms with van der Waals surface area (Å²) in [5.41, 5.74) is 0. The molecule has 1 unspecified atom stereocenters. The predicted octanol–water partition coefficient (Wildman–Crippen LogP) is 0.361. The summed E-state index contributed by atoms with van der Waals surface area (Å²) in [5, 5.41) is 6.06. The topological polar surface area (TPSA) is 61.4 Å². The number of nitrogens with zero attached hydrogens (tertiary/aromatic N) is 1. The lowest BCUT2D eigenvalue weighted by Gasteiger charge is -2.17. The van der Waals surface area contributed by atoms with Crippen molar-refractivity contribution in [2.75, 3.05) is 33.2 Å². The average Bonchev–Trinajstić information content (AvgIpc) is 2.86. The van der Waals surface area contributed by atoms with E-state index in [4.69, 9.17) is 0 Å². The second-order valence-corrected chi connectivity index (χ2v) is 5.00. The Balaban J connectivity index is 2.17. The van der Waals surface area contributed by atoms with E-state index in [-0.39, 0.29) is 18.4 Å². The fourth-order valence-electron chi connectivity index (χ4n) is 2.10. The molecule has 1 rings (SSSR count). The van der Waals surface area contributed by atoms with E-state index in [1.54, 1.807) is 7.05 Å². The van der Waals surface area contributed by atoms with Crippen LogP contribution in [0.5, 0.6) is 0 Å². The number of nitrogens with one attached hydrogen (secondary N) is 2. The van der Waals surface area contributed by atoms with Gasteiger partial charge in [0.1, 0.15) is 0 Å². The van der Waals surface area contributed by atoms with Gasteiger partial charge in [0.05, 0.1) is 6.54 Å². The molecule has 1 heterocycles. The Labute approximate surface area is 109 Å². The molecule has 0 bridgehead atoms. The molecule has 1 fully saturated rings. The van der Waals surface area contributed by atoms with Crippen molar-refractivity contribution in [3.05, 3.63) is 0 Å². The van der Waals surface area contributed by atoms with Crippen LogP contribution >= 0.6 is 0 Å². The molecular formula is C13H25N3O2. The molecule has 0 spiro atoms. The van der Waals surface area contributed by atoms with Crippen LogP contribution in [0.15, 0.2) is 0 Å². The van der Waals surface area contributed by atoms with Gasteiger partial charge in [-0.3, -0.25) is 9.59 Å². The fourth-order valence-corrected chi connectivity index (χ4v) is 2.10. The van der Waals surface area contributed by atoms with Crippen molar-refractivity contribution in [3.63, 3.8) is 0 Å². The van der Waals surface area contributed by atoms with Crippen LogP contribution in [0.4, 0.5) is 0 Å². The molecule has 1 saturated heterocycles. The minimum atomic E-state index is -0.0739. The first kappa shape index (κ1) is 15.0. The molecule has 5 nitrogen and oxygen atoms in total. The number of carbonyl (C=O) groups excluding carboxylic acids is 2. The van der Waals surface area contributed by atoms with Gasteiger partial charge >= 0.3 is 0 Å². The van der Waals surface area contributed by atoms with Crippen LogP contribution in [0, 0.1) is 5.92 Å². The van der Waals surface area contributed by atoms with Gasteiger partial charge in [-0.1, -0.05) is 6.92 Å². The maximum Gasteiger partial charge on any atom is 0.239 e. The molecule has 0 aromatic rings. The Bertz CT molecular complexity index is 275. The summed E-state index contributed by atoms with van der Waals surface area (Å²) in [6.45, 7) is 4.93. The van der Waals surface area contributed by atoms with Gasteiger partial charge < -0.3 is 15.5 Å². The molecule has 1 aliphatic rings. The quantitative estimate of drug-likeness (QED) is 0.690. The van der Waals surface area contributed by atoms with Crippen LogP contribution in [-0.4, -0.2) is 49.9 Å². The van der Waals surface area contributed by atoms with Crippen LogP contribution in [-0.2, 0) is 9.59 Å². The van der Waals surface area contributed by atoms with Gasteiger partial charge in [-0.15, -0.1) is 0 Å². The summed E-state index contributed by atoms with van der Waals surface area (Å²) in [7, 11) is 1.70. The van der Waals surface area contributed by atoms with Gasteiger partial charge in [-0.05, 0) is 38.3 Å². The summed E-state index contributed by atoms with van der Waals surface area (Å²) in [6.07, 6.45) is 3.54. The van der Waals surface area contributed by atoms with Gasteiger partial charge in [0.2, 0.25) is 11.8 Å². The molecule has 0 aromatic carbocycles. The van der Waals surface area contributed by atoms with Crippen molar-refractivity contribution in [2.24, 2.45) is 5.92 Å². The third-order valence-corrected chi connectivity index (χ3v) is 3.31. The van der Waals surface area contributed by atoms with Gasteiger partial charge in [-0.25, -0.2) is 0 Å². The number of amides is 2. The summed E-state index contributed by atoms with van der Waals surface area (Å²) in [4.78, 5) is 24.8. The number of carbonyl (C=O) groups is 2. The van der Waals surface area contributed by atoms with E-state index in [9.17, 15) is 9.59 Å². The largest absolute Gasteiger partial charge is 0.355 e. The first-order chi connectivity index (χ1) is 8.63. The Kier molecular flexibility index (Phi) is 6.72. The smallest absolute Gasteiger partial charge is 0.239 e. The molecule has 104 valence electrons. The molecule has 18 heavy (non-hydrogen) atoms. The molecule has 0 aliphatic carbocycles. The first-order valence-corrected chi connectivity index (χ1v) is 6.84. The molecule has 0 aromatic heterocycles. The van der Waals surface area contributed by atoms with E-state index in [1.165, 1.54) is 4.90 Å². The highest BCUT2D eigenvalue weighted by molar-refractivity contribution is 5.84. The molecule has 0 saturated carbocycles. The lowest BCUT2D eigenvalue weighted by molar-refractivity contribution is -0.134. The number of likely N-dealkylation sites (N-methyl/N-ethyl adjacent to an activating group) is 1. The maximum atomic E-state index is 11.8. The third kappa shape index (κ3) is 5.49. The molecule has 1 atom stereocenters. The monoisotopic (exact) mass is 255 g/mol. The van der Waals surface area contributed by atoms with Crippen LogP contribution in [0.2, 0.25) is 0 Å². The van der Waals surface area contributed by atoms with Crippen molar-refractivity contribution in [1.82, 2.24) is 15.5 Å².